The van der Waals surface area contributed by atoms with E-state index in [0.29, 0.717) is 25.3 Å². The van der Waals surface area contributed by atoms with E-state index in [1.54, 1.807) is 19.2 Å². The molecule has 1 amide bonds. The Morgan fingerprint density at radius 2 is 1.93 bits per heavy atom. The Hall–Kier alpha value is -2.93. The maximum atomic E-state index is 12.6. The second kappa shape index (κ2) is 9.68. The van der Waals surface area contributed by atoms with Crippen LogP contribution in [0.2, 0.25) is 0 Å². The predicted octanol–water partition coefficient (Wildman–Crippen LogP) is 3.84. The second-order valence-electron chi connectivity index (χ2n) is 6.25. The van der Waals surface area contributed by atoms with Crippen molar-refractivity contribution in [1.82, 2.24) is 5.32 Å². The fourth-order valence-corrected chi connectivity index (χ4v) is 2.72. The van der Waals surface area contributed by atoms with E-state index in [0.717, 1.165) is 11.1 Å². The molecule has 7 heteroatoms. The third-order valence-electron chi connectivity index (χ3n) is 4.27. The number of hydrogen-bond acceptors (Lipinski definition) is 5. The molecule has 0 aliphatic rings. The maximum Gasteiger partial charge on any atom is 0.293 e. The SMILES string of the molecule is CCC(NC(=O)c1ccc(NCCOC)c([N+](=O)[O-])c1)c1ccc(C)cc1. The molecule has 0 fully saturated rings. The van der Waals surface area contributed by atoms with Gasteiger partial charge in [0, 0.05) is 25.3 Å². The number of carbonyl (C=O) groups is 1. The number of nitrogens with zero attached hydrogens (tertiary/aromatic N) is 1. The predicted molar refractivity (Wildman–Crippen MR) is 105 cm³/mol. The van der Waals surface area contributed by atoms with E-state index in [4.69, 9.17) is 4.74 Å². The number of benzene rings is 2. The lowest BCUT2D eigenvalue weighted by atomic mass is 10.0. The lowest BCUT2D eigenvalue weighted by Gasteiger charge is -2.18. The molecule has 0 saturated heterocycles. The number of amides is 1. The van der Waals surface area contributed by atoms with Gasteiger partial charge in [0.1, 0.15) is 5.69 Å². The summed E-state index contributed by atoms with van der Waals surface area (Å²) in [6.07, 6.45) is 0.716. The van der Waals surface area contributed by atoms with Gasteiger partial charge < -0.3 is 15.4 Å². The molecule has 0 bridgehead atoms. The molecule has 0 spiro atoms. The van der Waals surface area contributed by atoms with Crippen molar-refractivity contribution in [1.29, 1.82) is 0 Å². The average Bonchev–Trinajstić information content (AvgIpc) is 2.67. The highest BCUT2D eigenvalue weighted by Crippen LogP contribution is 2.26. The second-order valence-corrected chi connectivity index (χ2v) is 6.25. The molecule has 1 atom stereocenters. The number of aryl methyl sites for hydroxylation is 1. The third kappa shape index (κ3) is 5.52. The van der Waals surface area contributed by atoms with E-state index in [2.05, 4.69) is 10.6 Å². The summed E-state index contributed by atoms with van der Waals surface area (Å²) in [5.41, 5.74) is 2.63. The van der Waals surface area contributed by atoms with E-state index in [1.807, 2.05) is 38.1 Å². The molecule has 27 heavy (non-hydrogen) atoms. The highest BCUT2D eigenvalue weighted by atomic mass is 16.6. The Balaban J connectivity index is 2.18. The van der Waals surface area contributed by atoms with Crippen molar-refractivity contribution < 1.29 is 14.5 Å². The largest absolute Gasteiger partial charge is 0.383 e. The molecule has 2 aromatic rings. The van der Waals surface area contributed by atoms with Gasteiger partial charge in [-0.05, 0) is 31.0 Å². The Morgan fingerprint density at radius 1 is 1.22 bits per heavy atom. The highest BCUT2D eigenvalue weighted by molar-refractivity contribution is 5.96. The first kappa shape index (κ1) is 20.4. The van der Waals surface area contributed by atoms with Crippen LogP contribution in [0.15, 0.2) is 42.5 Å². The molecule has 0 aliphatic heterocycles. The summed E-state index contributed by atoms with van der Waals surface area (Å²) < 4.78 is 4.93. The Bertz CT molecular complexity index is 790. The summed E-state index contributed by atoms with van der Waals surface area (Å²) in [7, 11) is 1.56. The number of ether oxygens (including phenoxy) is 1. The van der Waals surface area contributed by atoms with Gasteiger partial charge in [-0.3, -0.25) is 14.9 Å². The smallest absolute Gasteiger partial charge is 0.293 e. The van der Waals surface area contributed by atoms with Gasteiger partial charge in [-0.2, -0.15) is 0 Å². The van der Waals surface area contributed by atoms with Gasteiger partial charge in [0.2, 0.25) is 0 Å². The van der Waals surface area contributed by atoms with Crippen molar-refractivity contribution in [2.24, 2.45) is 0 Å². The molecule has 0 heterocycles. The van der Waals surface area contributed by atoms with Crippen LogP contribution in [0, 0.1) is 17.0 Å². The van der Waals surface area contributed by atoms with Gasteiger partial charge in [-0.25, -0.2) is 0 Å². The molecule has 0 saturated carbocycles. The van der Waals surface area contributed by atoms with Crippen molar-refractivity contribution in [3.8, 4) is 0 Å². The van der Waals surface area contributed by atoms with Crippen LogP contribution >= 0.6 is 0 Å². The Morgan fingerprint density at radius 3 is 2.52 bits per heavy atom. The van der Waals surface area contributed by atoms with Gasteiger partial charge in [-0.15, -0.1) is 0 Å². The number of carbonyl (C=O) groups excluding carboxylic acids is 1. The summed E-state index contributed by atoms with van der Waals surface area (Å²) in [6.45, 7) is 4.85. The molecule has 2 rings (SSSR count). The van der Waals surface area contributed by atoms with E-state index < -0.39 is 4.92 Å². The third-order valence-corrected chi connectivity index (χ3v) is 4.27. The Kier molecular flexibility index (Phi) is 7.31. The minimum atomic E-state index is -0.497. The number of nitro benzene ring substituents is 1. The number of methoxy groups -OCH3 is 1. The molecular weight excluding hydrogens is 346 g/mol. The van der Waals surface area contributed by atoms with E-state index in [1.165, 1.54) is 6.07 Å². The summed E-state index contributed by atoms with van der Waals surface area (Å²) in [5.74, 6) is -0.339. The van der Waals surface area contributed by atoms with Crippen LogP contribution in [0.4, 0.5) is 11.4 Å². The molecule has 144 valence electrons. The van der Waals surface area contributed by atoms with Crippen molar-refractivity contribution in [2.75, 3.05) is 25.6 Å². The van der Waals surface area contributed by atoms with E-state index in [9.17, 15) is 14.9 Å². The molecule has 0 aromatic heterocycles. The van der Waals surface area contributed by atoms with Gasteiger partial charge in [-0.1, -0.05) is 36.8 Å². The zero-order chi connectivity index (χ0) is 19.8. The number of rotatable bonds is 9. The van der Waals surface area contributed by atoms with Crippen LogP contribution in [0.1, 0.15) is 40.9 Å². The van der Waals surface area contributed by atoms with Crippen molar-refractivity contribution in [3.05, 3.63) is 69.3 Å². The molecular formula is C20H25N3O4. The van der Waals surface area contributed by atoms with Crippen LogP contribution in [-0.2, 0) is 4.74 Å². The van der Waals surface area contributed by atoms with Gasteiger partial charge in [0.05, 0.1) is 17.6 Å². The van der Waals surface area contributed by atoms with E-state index >= 15 is 0 Å². The zero-order valence-electron chi connectivity index (χ0n) is 15.8. The summed E-state index contributed by atoms with van der Waals surface area (Å²) in [5, 5.41) is 17.3. The van der Waals surface area contributed by atoms with Gasteiger partial charge in [0.15, 0.2) is 0 Å². The topological polar surface area (TPSA) is 93.5 Å². The van der Waals surface area contributed by atoms with Gasteiger partial charge >= 0.3 is 0 Å². The number of nitro groups is 1. The summed E-state index contributed by atoms with van der Waals surface area (Å²) in [6, 6.07) is 12.2. The number of nitrogens with one attached hydrogen (secondary N) is 2. The average molecular weight is 371 g/mol. The lowest BCUT2D eigenvalue weighted by molar-refractivity contribution is -0.384. The van der Waals surface area contributed by atoms with Crippen molar-refractivity contribution >= 4 is 17.3 Å². The zero-order valence-corrected chi connectivity index (χ0v) is 15.8. The number of anilines is 1. The minimum absolute atomic E-state index is 0.137. The minimum Gasteiger partial charge on any atom is -0.383 e. The van der Waals surface area contributed by atoms with E-state index in [-0.39, 0.29) is 23.2 Å². The molecule has 2 aromatic carbocycles. The van der Waals surface area contributed by atoms with Gasteiger partial charge in [0.25, 0.3) is 11.6 Å². The van der Waals surface area contributed by atoms with Crippen molar-refractivity contribution in [2.45, 2.75) is 26.3 Å². The molecule has 2 N–H and O–H groups in total. The van der Waals surface area contributed by atoms with Crippen LogP contribution in [0.25, 0.3) is 0 Å². The Labute approximate surface area is 158 Å². The lowest BCUT2D eigenvalue weighted by Crippen LogP contribution is -2.28. The highest BCUT2D eigenvalue weighted by Gasteiger charge is 2.19. The number of hydrogen-bond donors (Lipinski definition) is 2. The first-order valence-corrected chi connectivity index (χ1v) is 8.85. The summed E-state index contributed by atoms with van der Waals surface area (Å²) >= 11 is 0. The fraction of sp³-hybridized carbons (Fsp3) is 0.350. The van der Waals surface area contributed by atoms with Crippen LogP contribution in [0.3, 0.4) is 0 Å². The van der Waals surface area contributed by atoms with Crippen LogP contribution in [0.5, 0.6) is 0 Å². The standard InChI is InChI=1S/C20H25N3O4/c1-4-17(15-7-5-14(2)6-8-15)22-20(24)16-9-10-18(21-11-12-27-3)19(13-16)23(25)26/h5-10,13,17,21H,4,11-12H2,1-3H3,(H,22,24). The monoisotopic (exact) mass is 371 g/mol. The first-order chi connectivity index (χ1) is 13.0. The van der Waals surface area contributed by atoms with Crippen molar-refractivity contribution in [3.63, 3.8) is 0 Å². The summed E-state index contributed by atoms with van der Waals surface area (Å²) in [4.78, 5) is 23.5. The fourth-order valence-electron chi connectivity index (χ4n) is 2.72. The van der Waals surface area contributed by atoms with Crippen LogP contribution < -0.4 is 10.6 Å². The normalized spacial score (nSPS) is 11.7. The molecule has 1 unspecified atom stereocenters. The molecule has 0 radical (unpaired) electrons. The quantitative estimate of drug-likeness (QED) is 0.397. The van der Waals surface area contributed by atoms with Crippen LogP contribution in [-0.4, -0.2) is 31.1 Å². The maximum absolute atomic E-state index is 12.6. The molecule has 0 aliphatic carbocycles. The molecule has 7 nitrogen and oxygen atoms in total. The first-order valence-electron chi connectivity index (χ1n) is 8.85.